The quantitative estimate of drug-likeness (QED) is 0.746. The van der Waals surface area contributed by atoms with Gasteiger partial charge in [-0.15, -0.1) is 0 Å². The van der Waals surface area contributed by atoms with Crippen LogP contribution in [0.15, 0.2) is 17.1 Å². The summed E-state index contributed by atoms with van der Waals surface area (Å²) >= 11 is 0. The molecule has 0 spiro atoms. The average molecular weight is 204 g/mol. The maximum Gasteiger partial charge on any atom is 0.254 e. The molecule has 0 fully saturated rings. The Morgan fingerprint density at radius 2 is 2.13 bits per heavy atom. The first-order valence-corrected chi connectivity index (χ1v) is 4.65. The lowest BCUT2D eigenvalue weighted by Crippen LogP contribution is -2.15. The van der Waals surface area contributed by atoms with Gasteiger partial charge in [0.15, 0.2) is 5.82 Å². The topological polar surface area (TPSA) is 63.6 Å². The standard InChI is InChI=1S/C10H12N4O/c1-6-7(2)12-9(13-10(6)15)8-4-5-11-14(8)3/h4-5H,1-3H3,(H,12,13,15). The van der Waals surface area contributed by atoms with Gasteiger partial charge < -0.3 is 4.98 Å². The molecule has 0 atom stereocenters. The Morgan fingerprint density at radius 1 is 1.40 bits per heavy atom. The number of aryl methyl sites for hydroxylation is 2. The molecular weight excluding hydrogens is 192 g/mol. The van der Waals surface area contributed by atoms with Crippen molar-refractivity contribution in [1.82, 2.24) is 19.7 Å². The van der Waals surface area contributed by atoms with E-state index >= 15 is 0 Å². The summed E-state index contributed by atoms with van der Waals surface area (Å²) in [6.07, 6.45) is 1.67. The normalized spacial score (nSPS) is 10.6. The van der Waals surface area contributed by atoms with E-state index in [2.05, 4.69) is 15.1 Å². The largest absolute Gasteiger partial charge is 0.305 e. The number of rotatable bonds is 1. The van der Waals surface area contributed by atoms with Crippen LogP contribution in [0.4, 0.5) is 0 Å². The van der Waals surface area contributed by atoms with Gasteiger partial charge in [0.05, 0.1) is 0 Å². The van der Waals surface area contributed by atoms with E-state index < -0.39 is 0 Å². The first-order chi connectivity index (χ1) is 7.09. The lowest BCUT2D eigenvalue weighted by atomic mass is 10.2. The minimum Gasteiger partial charge on any atom is -0.305 e. The third-order valence-electron chi connectivity index (χ3n) is 2.46. The Hall–Kier alpha value is -1.91. The number of nitrogens with zero attached hydrogens (tertiary/aromatic N) is 3. The van der Waals surface area contributed by atoms with E-state index in [-0.39, 0.29) is 5.56 Å². The zero-order valence-corrected chi connectivity index (χ0v) is 8.90. The molecule has 2 aromatic heterocycles. The second-order valence-electron chi connectivity index (χ2n) is 3.46. The number of nitrogens with one attached hydrogen (secondary N) is 1. The van der Waals surface area contributed by atoms with Gasteiger partial charge in [-0.05, 0) is 19.9 Å². The molecule has 2 rings (SSSR count). The van der Waals surface area contributed by atoms with Gasteiger partial charge in [0.1, 0.15) is 5.69 Å². The molecule has 5 heteroatoms. The summed E-state index contributed by atoms with van der Waals surface area (Å²) in [5, 5.41) is 4.03. The summed E-state index contributed by atoms with van der Waals surface area (Å²) in [4.78, 5) is 18.6. The molecular formula is C10H12N4O. The maximum absolute atomic E-state index is 11.5. The maximum atomic E-state index is 11.5. The number of hydrogen-bond acceptors (Lipinski definition) is 3. The van der Waals surface area contributed by atoms with Crippen LogP contribution in [0, 0.1) is 13.8 Å². The van der Waals surface area contributed by atoms with E-state index in [0.717, 1.165) is 11.4 Å². The van der Waals surface area contributed by atoms with E-state index in [1.807, 2.05) is 20.0 Å². The molecule has 0 amide bonds. The zero-order chi connectivity index (χ0) is 11.0. The van der Waals surface area contributed by atoms with Crippen molar-refractivity contribution >= 4 is 0 Å². The Balaban J connectivity index is 2.66. The molecule has 78 valence electrons. The summed E-state index contributed by atoms with van der Waals surface area (Å²) in [6, 6.07) is 1.81. The number of aromatic nitrogens is 4. The Labute approximate surface area is 86.8 Å². The van der Waals surface area contributed by atoms with Crippen molar-refractivity contribution in [3.63, 3.8) is 0 Å². The van der Waals surface area contributed by atoms with Gasteiger partial charge in [0.2, 0.25) is 0 Å². The summed E-state index contributed by atoms with van der Waals surface area (Å²) in [5.74, 6) is 0.558. The second kappa shape index (κ2) is 3.34. The highest BCUT2D eigenvalue weighted by Crippen LogP contribution is 2.12. The van der Waals surface area contributed by atoms with Crippen LogP contribution >= 0.6 is 0 Å². The van der Waals surface area contributed by atoms with E-state index in [0.29, 0.717) is 11.4 Å². The minimum atomic E-state index is -0.0984. The predicted molar refractivity (Wildman–Crippen MR) is 56.5 cm³/mol. The molecule has 0 saturated heterocycles. The highest BCUT2D eigenvalue weighted by atomic mass is 16.1. The second-order valence-corrected chi connectivity index (χ2v) is 3.46. The molecule has 0 radical (unpaired) electrons. The summed E-state index contributed by atoms with van der Waals surface area (Å²) < 4.78 is 1.67. The van der Waals surface area contributed by atoms with E-state index in [1.54, 1.807) is 17.8 Å². The van der Waals surface area contributed by atoms with Gasteiger partial charge in [0, 0.05) is 24.5 Å². The molecule has 0 aliphatic rings. The molecule has 0 aromatic carbocycles. The first-order valence-electron chi connectivity index (χ1n) is 4.65. The fourth-order valence-electron chi connectivity index (χ4n) is 1.37. The minimum absolute atomic E-state index is 0.0984. The highest BCUT2D eigenvalue weighted by Gasteiger charge is 2.08. The first kappa shape index (κ1) is 9.64. The van der Waals surface area contributed by atoms with Crippen LogP contribution in [0.2, 0.25) is 0 Å². The SMILES string of the molecule is Cc1nc(-c2ccnn2C)[nH]c(=O)c1C. The summed E-state index contributed by atoms with van der Waals surface area (Å²) in [5.41, 5.74) is 2.10. The fourth-order valence-corrected chi connectivity index (χ4v) is 1.37. The summed E-state index contributed by atoms with van der Waals surface area (Å²) in [6.45, 7) is 3.58. The van der Waals surface area contributed by atoms with Crippen LogP contribution in [0.1, 0.15) is 11.3 Å². The smallest absolute Gasteiger partial charge is 0.254 e. The van der Waals surface area contributed by atoms with E-state index in [9.17, 15) is 4.79 Å². The Morgan fingerprint density at radius 3 is 2.67 bits per heavy atom. The van der Waals surface area contributed by atoms with Gasteiger partial charge in [0.25, 0.3) is 5.56 Å². The van der Waals surface area contributed by atoms with Gasteiger partial charge in [-0.25, -0.2) is 4.98 Å². The van der Waals surface area contributed by atoms with Crippen molar-refractivity contribution in [2.75, 3.05) is 0 Å². The van der Waals surface area contributed by atoms with Crippen molar-refractivity contribution in [2.24, 2.45) is 7.05 Å². The van der Waals surface area contributed by atoms with E-state index in [4.69, 9.17) is 0 Å². The highest BCUT2D eigenvalue weighted by molar-refractivity contribution is 5.49. The Kier molecular flexibility index (Phi) is 2.15. The molecule has 2 heterocycles. The van der Waals surface area contributed by atoms with Crippen LogP contribution in [0.3, 0.4) is 0 Å². The van der Waals surface area contributed by atoms with Gasteiger partial charge in [-0.2, -0.15) is 5.10 Å². The Bertz CT molecular complexity index is 553. The van der Waals surface area contributed by atoms with Crippen LogP contribution < -0.4 is 5.56 Å². The zero-order valence-electron chi connectivity index (χ0n) is 8.90. The molecule has 0 bridgehead atoms. The monoisotopic (exact) mass is 204 g/mol. The molecule has 2 aromatic rings. The van der Waals surface area contributed by atoms with Crippen LogP contribution in [-0.4, -0.2) is 19.7 Å². The fraction of sp³-hybridized carbons (Fsp3) is 0.300. The van der Waals surface area contributed by atoms with Crippen molar-refractivity contribution in [1.29, 1.82) is 0 Å². The summed E-state index contributed by atoms with van der Waals surface area (Å²) in [7, 11) is 1.81. The number of H-pyrrole nitrogens is 1. The number of hydrogen-bond donors (Lipinski definition) is 1. The molecule has 0 aliphatic carbocycles. The molecule has 5 nitrogen and oxygen atoms in total. The number of aromatic amines is 1. The van der Waals surface area contributed by atoms with E-state index in [1.165, 1.54) is 0 Å². The molecule has 0 unspecified atom stereocenters. The van der Waals surface area contributed by atoms with Crippen LogP contribution in [0.25, 0.3) is 11.5 Å². The third-order valence-corrected chi connectivity index (χ3v) is 2.46. The van der Waals surface area contributed by atoms with Gasteiger partial charge in [-0.1, -0.05) is 0 Å². The molecule has 15 heavy (non-hydrogen) atoms. The lowest BCUT2D eigenvalue weighted by molar-refractivity contribution is 0.768. The molecule has 0 aliphatic heterocycles. The molecule has 0 saturated carbocycles. The molecule has 1 N–H and O–H groups in total. The van der Waals surface area contributed by atoms with Crippen molar-refractivity contribution in [2.45, 2.75) is 13.8 Å². The lowest BCUT2D eigenvalue weighted by Gasteiger charge is -2.03. The third kappa shape index (κ3) is 1.56. The van der Waals surface area contributed by atoms with Crippen molar-refractivity contribution in [3.05, 3.63) is 33.9 Å². The van der Waals surface area contributed by atoms with Crippen LogP contribution in [0.5, 0.6) is 0 Å². The van der Waals surface area contributed by atoms with Gasteiger partial charge >= 0.3 is 0 Å². The van der Waals surface area contributed by atoms with Crippen molar-refractivity contribution < 1.29 is 0 Å². The predicted octanol–water partition coefficient (Wildman–Crippen LogP) is 0.787. The average Bonchev–Trinajstić information content (AvgIpc) is 2.60. The van der Waals surface area contributed by atoms with Crippen LogP contribution in [-0.2, 0) is 7.05 Å². The van der Waals surface area contributed by atoms with Crippen molar-refractivity contribution in [3.8, 4) is 11.5 Å². The van der Waals surface area contributed by atoms with Gasteiger partial charge in [-0.3, -0.25) is 9.48 Å².